The van der Waals surface area contributed by atoms with Crippen LogP contribution in [0.25, 0.3) is 0 Å². The van der Waals surface area contributed by atoms with Crippen LogP contribution in [-0.4, -0.2) is 38.1 Å². The van der Waals surface area contributed by atoms with E-state index in [1.165, 1.54) is 20.0 Å². The van der Waals surface area contributed by atoms with Gasteiger partial charge in [-0.05, 0) is 32.9 Å². The molecule has 88 valence electrons. The molecule has 1 fully saturated rings. The summed E-state index contributed by atoms with van der Waals surface area (Å²) in [5.41, 5.74) is -0.183. The molecule has 0 spiro atoms. The first kappa shape index (κ1) is 12.5. The van der Waals surface area contributed by atoms with E-state index in [0.717, 1.165) is 32.4 Å². The Morgan fingerprint density at radius 1 is 1.47 bits per heavy atom. The number of rotatable bonds is 6. The van der Waals surface area contributed by atoms with Gasteiger partial charge in [0.1, 0.15) is 0 Å². The SMILES string of the molecule is CCCCN(C)CC1(C(=O)OC)CCC1. The molecule has 0 amide bonds. The minimum absolute atomic E-state index is 0.0166. The fourth-order valence-corrected chi connectivity index (χ4v) is 2.27. The van der Waals surface area contributed by atoms with Gasteiger partial charge < -0.3 is 9.64 Å². The minimum atomic E-state index is -0.183. The molecular formula is C12H23NO2. The van der Waals surface area contributed by atoms with Crippen LogP contribution in [0.15, 0.2) is 0 Å². The summed E-state index contributed by atoms with van der Waals surface area (Å²) >= 11 is 0. The first-order valence-electron chi connectivity index (χ1n) is 5.91. The summed E-state index contributed by atoms with van der Waals surface area (Å²) in [5, 5.41) is 0. The first-order valence-corrected chi connectivity index (χ1v) is 5.91. The second-order valence-corrected chi connectivity index (χ2v) is 4.72. The maximum absolute atomic E-state index is 11.7. The number of carbonyl (C=O) groups is 1. The summed E-state index contributed by atoms with van der Waals surface area (Å²) in [4.78, 5) is 13.9. The van der Waals surface area contributed by atoms with Crippen molar-refractivity contribution in [1.29, 1.82) is 0 Å². The van der Waals surface area contributed by atoms with Crippen LogP contribution in [0.2, 0.25) is 0 Å². The van der Waals surface area contributed by atoms with Crippen molar-refractivity contribution in [3.05, 3.63) is 0 Å². The molecule has 3 nitrogen and oxygen atoms in total. The Morgan fingerprint density at radius 2 is 2.13 bits per heavy atom. The lowest BCUT2D eigenvalue weighted by molar-refractivity contribution is -0.159. The quantitative estimate of drug-likeness (QED) is 0.633. The number of hydrogen-bond acceptors (Lipinski definition) is 3. The van der Waals surface area contributed by atoms with Gasteiger partial charge in [-0.2, -0.15) is 0 Å². The minimum Gasteiger partial charge on any atom is -0.469 e. The molecule has 0 radical (unpaired) electrons. The van der Waals surface area contributed by atoms with Crippen molar-refractivity contribution < 1.29 is 9.53 Å². The molecule has 0 aromatic carbocycles. The van der Waals surface area contributed by atoms with Gasteiger partial charge in [-0.15, -0.1) is 0 Å². The van der Waals surface area contributed by atoms with Gasteiger partial charge in [-0.1, -0.05) is 19.8 Å². The lowest BCUT2D eigenvalue weighted by Crippen LogP contribution is -2.47. The van der Waals surface area contributed by atoms with Crippen molar-refractivity contribution in [2.75, 3.05) is 27.2 Å². The van der Waals surface area contributed by atoms with Crippen molar-refractivity contribution in [3.8, 4) is 0 Å². The maximum Gasteiger partial charge on any atom is 0.313 e. The largest absolute Gasteiger partial charge is 0.469 e. The van der Waals surface area contributed by atoms with Gasteiger partial charge in [0.05, 0.1) is 12.5 Å². The van der Waals surface area contributed by atoms with Gasteiger partial charge in [-0.25, -0.2) is 0 Å². The monoisotopic (exact) mass is 213 g/mol. The van der Waals surface area contributed by atoms with Gasteiger partial charge in [0.25, 0.3) is 0 Å². The van der Waals surface area contributed by atoms with E-state index in [0.29, 0.717) is 0 Å². The lowest BCUT2D eigenvalue weighted by atomic mass is 9.68. The number of unbranched alkanes of at least 4 members (excludes halogenated alkanes) is 1. The summed E-state index contributed by atoms with van der Waals surface area (Å²) in [6.07, 6.45) is 5.56. The highest BCUT2D eigenvalue weighted by molar-refractivity contribution is 5.78. The van der Waals surface area contributed by atoms with Gasteiger partial charge in [0.15, 0.2) is 0 Å². The first-order chi connectivity index (χ1) is 7.14. The highest BCUT2D eigenvalue weighted by Crippen LogP contribution is 2.42. The molecule has 1 rings (SSSR count). The van der Waals surface area contributed by atoms with Crippen LogP contribution >= 0.6 is 0 Å². The average Bonchev–Trinajstić information content (AvgIpc) is 2.19. The van der Waals surface area contributed by atoms with E-state index in [2.05, 4.69) is 18.9 Å². The molecule has 0 unspecified atom stereocenters. The lowest BCUT2D eigenvalue weighted by Gasteiger charge is -2.41. The molecule has 1 aliphatic carbocycles. The summed E-state index contributed by atoms with van der Waals surface area (Å²) in [6.45, 7) is 4.13. The fourth-order valence-electron chi connectivity index (χ4n) is 2.27. The topological polar surface area (TPSA) is 29.5 Å². The van der Waals surface area contributed by atoms with Crippen LogP contribution in [0.1, 0.15) is 39.0 Å². The van der Waals surface area contributed by atoms with Crippen LogP contribution in [-0.2, 0) is 9.53 Å². The van der Waals surface area contributed by atoms with Crippen molar-refractivity contribution in [2.24, 2.45) is 5.41 Å². The van der Waals surface area contributed by atoms with Crippen LogP contribution < -0.4 is 0 Å². The Bertz CT molecular complexity index is 212. The van der Waals surface area contributed by atoms with E-state index >= 15 is 0 Å². The zero-order valence-electron chi connectivity index (χ0n) is 10.2. The molecule has 15 heavy (non-hydrogen) atoms. The smallest absolute Gasteiger partial charge is 0.313 e. The highest BCUT2D eigenvalue weighted by atomic mass is 16.5. The fraction of sp³-hybridized carbons (Fsp3) is 0.917. The second-order valence-electron chi connectivity index (χ2n) is 4.72. The van der Waals surface area contributed by atoms with Crippen molar-refractivity contribution in [3.63, 3.8) is 0 Å². The Labute approximate surface area is 92.8 Å². The van der Waals surface area contributed by atoms with Gasteiger partial charge in [0.2, 0.25) is 0 Å². The van der Waals surface area contributed by atoms with Crippen molar-refractivity contribution >= 4 is 5.97 Å². The third-order valence-electron chi connectivity index (χ3n) is 3.40. The Kier molecular flexibility index (Phi) is 4.58. The standard InChI is InChI=1S/C12H23NO2/c1-4-5-9-13(2)10-12(7-6-8-12)11(14)15-3/h4-10H2,1-3H3. The number of ether oxygens (including phenoxy) is 1. The zero-order chi connectivity index (χ0) is 11.3. The summed E-state index contributed by atoms with van der Waals surface area (Å²) in [6, 6.07) is 0. The molecular weight excluding hydrogens is 190 g/mol. The Hall–Kier alpha value is -0.570. The molecule has 0 bridgehead atoms. The second kappa shape index (κ2) is 5.50. The normalized spacial score (nSPS) is 18.7. The molecule has 3 heteroatoms. The van der Waals surface area contributed by atoms with Gasteiger partial charge in [0, 0.05) is 6.54 Å². The van der Waals surface area contributed by atoms with Gasteiger partial charge >= 0.3 is 5.97 Å². The predicted octanol–water partition coefficient (Wildman–Crippen LogP) is 2.06. The molecule has 0 aromatic heterocycles. The molecule has 0 N–H and O–H groups in total. The van der Waals surface area contributed by atoms with E-state index in [1.54, 1.807) is 0 Å². The van der Waals surface area contributed by atoms with Gasteiger partial charge in [-0.3, -0.25) is 4.79 Å². The van der Waals surface area contributed by atoms with E-state index in [4.69, 9.17) is 4.74 Å². The third kappa shape index (κ3) is 2.94. The number of methoxy groups -OCH3 is 1. The molecule has 0 heterocycles. The van der Waals surface area contributed by atoms with Crippen LogP contribution in [0.3, 0.4) is 0 Å². The van der Waals surface area contributed by atoms with E-state index in [-0.39, 0.29) is 11.4 Å². The molecule has 0 aliphatic heterocycles. The van der Waals surface area contributed by atoms with E-state index in [9.17, 15) is 4.79 Å². The molecule has 0 aromatic rings. The Morgan fingerprint density at radius 3 is 2.53 bits per heavy atom. The predicted molar refractivity (Wildman–Crippen MR) is 60.7 cm³/mol. The van der Waals surface area contributed by atoms with E-state index in [1.807, 2.05) is 0 Å². The number of nitrogens with zero attached hydrogens (tertiary/aromatic N) is 1. The highest BCUT2D eigenvalue weighted by Gasteiger charge is 2.45. The molecule has 0 atom stereocenters. The van der Waals surface area contributed by atoms with Crippen LogP contribution in [0.4, 0.5) is 0 Å². The maximum atomic E-state index is 11.7. The van der Waals surface area contributed by atoms with E-state index < -0.39 is 0 Å². The average molecular weight is 213 g/mol. The number of carbonyl (C=O) groups excluding carboxylic acids is 1. The summed E-state index contributed by atoms with van der Waals surface area (Å²) in [5.74, 6) is -0.0166. The van der Waals surface area contributed by atoms with Crippen LogP contribution in [0.5, 0.6) is 0 Å². The molecule has 0 saturated heterocycles. The molecule has 1 aliphatic rings. The zero-order valence-corrected chi connectivity index (χ0v) is 10.2. The Balaban J connectivity index is 2.42. The number of hydrogen-bond donors (Lipinski definition) is 0. The van der Waals surface area contributed by atoms with Crippen molar-refractivity contribution in [2.45, 2.75) is 39.0 Å². The summed E-state index contributed by atoms with van der Waals surface area (Å²) in [7, 11) is 3.59. The molecule has 1 saturated carbocycles. The summed E-state index contributed by atoms with van der Waals surface area (Å²) < 4.78 is 4.90. The third-order valence-corrected chi connectivity index (χ3v) is 3.40. The number of esters is 1. The van der Waals surface area contributed by atoms with Crippen LogP contribution in [0, 0.1) is 5.41 Å². The van der Waals surface area contributed by atoms with Crippen molar-refractivity contribution in [1.82, 2.24) is 4.90 Å².